The fraction of sp³-hybridized carbons (Fsp3) is 0.368. The van der Waals surface area contributed by atoms with Crippen molar-refractivity contribution in [2.45, 2.75) is 32.5 Å². The van der Waals surface area contributed by atoms with E-state index in [0.29, 0.717) is 12.1 Å². The Morgan fingerprint density at radius 2 is 1.95 bits per heavy atom. The molecule has 0 bridgehead atoms. The minimum atomic E-state index is 0.328. The molecule has 2 aromatic carbocycles. The quantitative estimate of drug-likeness (QED) is 0.933. The molecule has 0 spiro atoms. The van der Waals surface area contributed by atoms with Gasteiger partial charge in [-0.05, 0) is 31.0 Å². The lowest BCUT2D eigenvalue weighted by atomic mass is 10.0. The normalized spacial score (nSPS) is 19.2. The lowest BCUT2D eigenvalue weighted by Crippen LogP contribution is -2.37. The van der Waals surface area contributed by atoms with Gasteiger partial charge in [-0.2, -0.15) is 0 Å². The van der Waals surface area contributed by atoms with E-state index in [1.807, 2.05) is 6.07 Å². The van der Waals surface area contributed by atoms with E-state index in [2.05, 4.69) is 66.5 Å². The molecule has 0 amide bonds. The summed E-state index contributed by atoms with van der Waals surface area (Å²) in [7, 11) is 1.73. The highest BCUT2D eigenvalue weighted by atomic mass is 16.5. The van der Waals surface area contributed by atoms with Gasteiger partial charge >= 0.3 is 0 Å². The Morgan fingerprint density at radius 1 is 1.18 bits per heavy atom. The molecule has 1 N–H and O–H groups in total. The number of benzene rings is 2. The van der Waals surface area contributed by atoms with Crippen LogP contribution in [-0.4, -0.2) is 19.7 Å². The van der Waals surface area contributed by atoms with Crippen molar-refractivity contribution in [3.05, 3.63) is 59.7 Å². The lowest BCUT2D eigenvalue weighted by molar-refractivity contribution is 0.414. The molecule has 2 unspecified atom stereocenters. The Hall–Kier alpha value is -2.00. The highest BCUT2D eigenvalue weighted by Gasteiger charge is 2.24. The Kier molecular flexibility index (Phi) is 4.34. The third kappa shape index (κ3) is 2.95. The number of rotatable bonds is 3. The molecule has 0 aromatic heterocycles. The predicted octanol–water partition coefficient (Wildman–Crippen LogP) is 3.75. The van der Waals surface area contributed by atoms with Crippen LogP contribution in [0.15, 0.2) is 48.5 Å². The molecule has 0 radical (unpaired) electrons. The molecule has 1 heterocycles. The van der Waals surface area contributed by atoms with Gasteiger partial charge in [-0.25, -0.2) is 0 Å². The van der Waals surface area contributed by atoms with Crippen LogP contribution in [0.25, 0.3) is 0 Å². The summed E-state index contributed by atoms with van der Waals surface area (Å²) in [5.74, 6) is 0.915. The standard InChI is InChI=1S/C19H24N2O/c1-14-13-21(15(2)16-7-5-4-6-8-16)19-11-18(22-3)10-9-17(19)12-20-14/h4-11,14-15,20H,12-13H2,1-3H3. The Labute approximate surface area is 132 Å². The van der Waals surface area contributed by atoms with Gasteiger partial charge in [0.1, 0.15) is 5.75 Å². The van der Waals surface area contributed by atoms with Crippen molar-refractivity contribution in [3.8, 4) is 5.75 Å². The largest absolute Gasteiger partial charge is 0.497 e. The maximum absolute atomic E-state index is 5.43. The molecule has 1 aliphatic heterocycles. The Morgan fingerprint density at radius 3 is 2.68 bits per heavy atom. The van der Waals surface area contributed by atoms with Crippen LogP contribution in [0, 0.1) is 0 Å². The van der Waals surface area contributed by atoms with Crippen LogP contribution < -0.4 is 15.0 Å². The highest BCUT2D eigenvalue weighted by molar-refractivity contribution is 5.59. The van der Waals surface area contributed by atoms with Crippen LogP contribution in [-0.2, 0) is 6.54 Å². The molecule has 116 valence electrons. The van der Waals surface area contributed by atoms with Crippen LogP contribution in [0.3, 0.4) is 0 Å². The number of fused-ring (bicyclic) bond motifs is 1. The zero-order valence-electron chi connectivity index (χ0n) is 13.5. The smallest absolute Gasteiger partial charge is 0.120 e. The molecule has 0 saturated carbocycles. The van der Waals surface area contributed by atoms with Gasteiger partial charge in [0, 0.05) is 30.9 Å². The summed E-state index contributed by atoms with van der Waals surface area (Å²) in [4.78, 5) is 2.48. The van der Waals surface area contributed by atoms with Crippen molar-refractivity contribution in [2.75, 3.05) is 18.6 Å². The number of ether oxygens (including phenoxy) is 1. The summed E-state index contributed by atoms with van der Waals surface area (Å²) in [6.07, 6.45) is 0. The second-order valence-corrected chi connectivity index (χ2v) is 6.02. The number of hydrogen-bond acceptors (Lipinski definition) is 3. The maximum Gasteiger partial charge on any atom is 0.120 e. The predicted molar refractivity (Wildman–Crippen MR) is 91.5 cm³/mol. The van der Waals surface area contributed by atoms with Gasteiger partial charge in [-0.1, -0.05) is 36.4 Å². The third-order valence-corrected chi connectivity index (χ3v) is 4.46. The maximum atomic E-state index is 5.43. The van der Waals surface area contributed by atoms with Gasteiger partial charge < -0.3 is 15.0 Å². The second kappa shape index (κ2) is 6.41. The summed E-state index contributed by atoms with van der Waals surface area (Å²) in [6, 6.07) is 17.8. The number of nitrogens with zero attached hydrogens (tertiary/aromatic N) is 1. The molecule has 0 aliphatic carbocycles. The van der Waals surface area contributed by atoms with Crippen molar-refractivity contribution in [2.24, 2.45) is 0 Å². The molecule has 1 aliphatic rings. The summed E-state index contributed by atoms with van der Waals surface area (Å²) in [5.41, 5.74) is 3.94. The minimum Gasteiger partial charge on any atom is -0.497 e. The molecule has 0 fully saturated rings. The topological polar surface area (TPSA) is 24.5 Å². The number of methoxy groups -OCH3 is 1. The average molecular weight is 296 g/mol. The molecule has 3 nitrogen and oxygen atoms in total. The monoisotopic (exact) mass is 296 g/mol. The summed E-state index contributed by atoms with van der Waals surface area (Å²) >= 11 is 0. The van der Waals surface area contributed by atoms with E-state index >= 15 is 0 Å². The zero-order chi connectivity index (χ0) is 15.5. The van der Waals surface area contributed by atoms with E-state index < -0.39 is 0 Å². The van der Waals surface area contributed by atoms with Gasteiger partial charge in [0.05, 0.1) is 13.2 Å². The van der Waals surface area contributed by atoms with Crippen molar-refractivity contribution in [1.82, 2.24) is 5.32 Å². The van der Waals surface area contributed by atoms with E-state index in [4.69, 9.17) is 4.74 Å². The van der Waals surface area contributed by atoms with Crippen molar-refractivity contribution < 1.29 is 4.74 Å². The first-order valence-electron chi connectivity index (χ1n) is 7.91. The summed E-state index contributed by atoms with van der Waals surface area (Å²) in [5, 5.41) is 3.59. The molecule has 2 aromatic rings. The van der Waals surface area contributed by atoms with E-state index in [1.165, 1.54) is 16.8 Å². The number of anilines is 1. The first-order chi connectivity index (χ1) is 10.7. The SMILES string of the molecule is COc1ccc2c(c1)N(C(C)c1ccccc1)CC(C)NC2. The summed E-state index contributed by atoms with van der Waals surface area (Å²) < 4.78 is 5.43. The van der Waals surface area contributed by atoms with Crippen LogP contribution >= 0.6 is 0 Å². The van der Waals surface area contributed by atoms with Crippen LogP contribution in [0.2, 0.25) is 0 Å². The van der Waals surface area contributed by atoms with E-state index in [-0.39, 0.29) is 0 Å². The molecule has 22 heavy (non-hydrogen) atoms. The van der Waals surface area contributed by atoms with Gasteiger partial charge in [0.25, 0.3) is 0 Å². The van der Waals surface area contributed by atoms with E-state index in [0.717, 1.165) is 18.8 Å². The minimum absolute atomic E-state index is 0.328. The zero-order valence-corrected chi connectivity index (χ0v) is 13.5. The number of nitrogens with one attached hydrogen (secondary N) is 1. The number of hydrogen-bond donors (Lipinski definition) is 1. The van der Waals surface area contributed by atoms with Crippen LogP contribution in [0.4, 0.5) is 5.69 Å². The highest BCUT2D eigenvalue weighted by Crippen LogP contribution is 2.34. The van der Waals surface area contributed by atoms with Gasteiger partial charge in [-0.15, -0.1) is 0 Å². The van der Waals surface area contributed by atoms with Crippen molar-refractivity contribution in [3.63, 3.8) is 0 Å². The van der Waals surface area contributed by atoms with E-state index in [9.17, 15) is 0 Å². The summed E-state index contributed by atoms with van der Waals surface area (Å²) in [6.45, 7) is 6.40. The third-order valence-electron chi connectivity index (χ3n) is 4.46. The molecular formula is C19H24N2O. The second-order valence-electron chi connectivity index (χ2n) is 6.02. The molecule has 2 atom stereocenters. The van der Waals surface area contributed by atoms with Gasteiger partial charge in [0.2, 0.25) is 0 Å². The fourth-order valence-corrected chi connectivity index (χ4v) is 3.11. The molecule has 0 saturated heterocycles. The fourth-order valence-electron chi connectivity index (χ4n) is 3.11. The van der Waals surface area contributed by atoms with Crippen molar-refractivity contribution >= 4 is 5.69 Å². The lowest BCUT2D eigenvalue weighted by Gasteiger charge is -2.33. The first kappa shape index (κ1) is 14.9. The Bertz CT molecular complexity index is 627. The van der Waals surface area contributed by atoms with Crippen LogP contribution in [0.1, 0.15) is 31.0 Å². The van der Waals surface area contributed by atoms with Crippen LogP contribution in [0.5, 0.6) is 5.75 Å². The molecule has 3 heteroatoms. The van der Waals surface area contributed by atoms with Gasteiger partial charge in [-0.3, -0.25) is 0 Å². The molecular weight excluding hydrogens is 272 g/mol. The average Bonchev–Trinajstić information content (AvgIpc) is 2.73. The van der Waals surface area contributed by atoms with Crippen molar-refractivity contribution in [1.29, 1.82) is 0 Å². The Balaban J connectivity index is 2.02. The van der Waals surface area contributed by atoms with Gasteiger partial charge in [0.15, 0.2) is 0 Å². The van der Waals surface area contributed by atoms with E-state index in [1.54, 1.807) is 7.11 Å². The molecule has 3 rings (SSSR count). The first-order valence-corrected chi connectivity index (χ1v) is 7.91.